The maximum Gasteiger partial charge on any atom is 0.124 e. The lowest BCUT2D eigenvalue weighted by molar-refractivity contribution is -0.254. The zero-order valence-corrected chi connectivity index (χ0v) is 14.8. The van der Waals surface area contributed by atoms with E-state index in [2.05, 4.69) is 17.4 Å². The Hall–Kier alpha value is -2.49. The third kappa shape index (κ3) is 2.11. The van der Waals surface area contributed by atoms with Gasteiger partial charge in [0, 0.05) is 16.8 Å². The van der Waals surface area contributed by atoms with Gasteiger partial charge in [0.1, 0.15) is 5.75 Å². The summed E-state index contributed by atoms with van der Waals surface area (Å²) in [5.41, 5.74) is 3.30. The first-order chi connectivity index (χ1) is 12.7. The van der Waals surface area contributed by atoms with Crippen molar-refractivity contribution in [2.75, 3.05) is 12.4 Å². The molecule has 2 aromatic carbocycles. The minimum atomic E-state index is -1.12. The van der Waals surface area contributed by atoms with Crippen molar-refractivity contribution in [3.8, 4) is 5.75 Å². The molecule has 134 valence electrons. The summed E-state index contributed by atoms with van der Waals surface area (Å²) < 4.78 is 5.62. The summed E-state index contributed by atoms with van der Waals surface area (Å²) in [6.07, 6.45) is 3.77. The number of hydrogen-bond donors (Lipinski definition) is 1. The standard InChI is InChI=1S/C22H23NO3/c1-26-17-8-3-2-5-14(17)21-19-13-10-9-12(11-13)18(19)15-6-4-7-16(22(24)25)20(15)23-21/h2-8,12-13,18-19,21,23H,9-11H2,1H3,(H,24,25)/p-1/t12-,13-,18+,19+,21-/m0/s1. The number of para-hydroxylation sites is 2. The normalized spacial score (nSPS) is 31.0. The second-order valence-corrected chi connectivity index (χ2v) is 7.86. The zero-order chi connectivity index (χ0) is 17.8. The molecule has 1 N–H and O–H groups in total. The quantitative estimate of drug-likeness (QED) is 0.924. The van der Waals surface area contributed by atoms with Crippen LogP contribution in [0.3, 0.4) is 0 Å². The molecule has 0 spiro atoms. The first-order valence-electron chi connectivity index (χ1n) is 9.42. The SMILES string of the molecule is COc1ccccc1[C@@H]1Nc2c(C(=O)[O-])cccc2[C@H]2[C@H]3CC[C@@H](C3)[C@H]21. The van der Waals surface area contributed by atoms with Crippen LogP contribution < -0.4 is 15.2 Å². The Bertz CT molecular complexity index is 877. The molecule has 2 fully saturated rings. The molecule has 2 aliphatic carbocycles. The van der Waals surface area contributed by atoms with Crippen molar-refractivity contribution in [2.24, 2.45) is 17.8 Å². The third-order valence-corrected chi connectivity index (χ3v) is 6.82. The highest BCUT2D eigenvalue weighted by Gasteiger charge is 2.54. The lowest BCUT2D eigenvalue weighted by atomic mass is 9.67. The van der Waals surface area contributed by atoms with Gasteiger partial charge in [-0.2, -0.15) is 0 Å². The van der Waals surface area contributed by atoms with Gasteiger partial charge in [0.25, 0.3) is 0 Å². The van der Waals surface area contributed by atoms with E-state index >= 15 is 0 Å². The molecule has 1 heterocycles. The van der Waals surface area contributed by atoms with E-state index < -0.39 is 5.97 Å². The van der Waals surface area contributed by atoms with Crippen LogP contribution in [0.15, 0.2) is 42.5 Å². The molecular weight excluding hydrogens is 326 g/mol. The fourth-order valence-electron chi connectivity index (χ4n) is 5.92. The van der Waals surface area contributed by atoms with Gasteiger partial charge in [0.15, 0.2) is 0 Å². The van der Waals surface area contributed by atoms with Crippen LogP contribution in [0, 0.1) is 17.8 Å². The first kappa shape index (κ1) is 15.7. The second-order valence-electron chi connectivity index (χ2n) is 7.86. The minimum absolute atomic E-state index is 0.0689. The lowest BCUT2D eigenvalue weighted by Crippen LogP contribution is -2.37. The number of hydrogen-bond acceptors (Lipinski definition) is 4. The summed E-state index contributed by atoms with van der Waals surface area (Å²) >= 11 is 0. The Kier molecular flexibility index (Phi) is 3.49. The Morgan fingerprint density at radius 3 is 2.65 bits per heavy atom. The van der Waals surface area contributed by atoms with Gasteiger partial charge in [-0.3, -0.25) is 0 Å². The van der Waals surface area contributed by atoms with Gasteiger partial charge in [-0.15, -0.1) is 0 Å². The topological polar surface area (TPSA) is 61.4 Å². The maximum absolute atomic E-state index is 11.7. The summed E-state index contributed by atoms with van der Waals surface area (Å²) in [4.78, 5) is 11.7. The van der Waals surface area contributed by atoms with Crippen molar-refractivity contribution in [3.05, 3.63) is 59.2 Å². The lowest BCUT2D eigenvalue weighted by Gasteiger charge is -2.44. The Morgan fingerprint density at radius 2 is 1.85 bits per heavy atom. The summed E-state index contributed by atoms with van der Waals surface area (Å²) in [5, 5.41) is 15.3. The number of carboxylic acid groups (broad SMARTS) is 1. The van der Waals surface area contributed by atoms with Crippen LogP contribution in [0.4, 0.5) is 5.69 Å². The Morgan fingerprint density at radius 1 is 1.08 bits per heavy atom. The summed E-state index contributed by atoms with van der Waals surface area (Å²) in [6.45, 7) is 0. The molecule has 2 bridgehead atoms. The largest absolute Gasteiger partial charge is 0.545 e. The van der Waals surface area contributed by atoms with E-state index in [0.29, 0.717) is 23.7 Å². The predicted molar refractivity (Wildman–Crippen MR) is 97.2 cm³/mol. The highest BCUT2D eigenvalue weighted by Crippen LogP contribution is 2.64. The van der Waals surface area contributed by atoms with E-state index in [1.807, 2.05) is 24.3 Å². The molecule has 1 aliphatic heterocycles. The fourth-order valence-corrected chi connectivity index (χ4v) is 5.92. The average Bonchev–Trinajstić information content (AvgIpc) is 3.29. The van der Waals surface area contributed by atoms with Gasteiger partial charge in [0.05, 0.1) is 19.1 Å². The van der Waals surface area contributed by atoms with Crippen LogP contribution in [0.5, 0.6) is 5.75 Å². The van der Waals surface area contributed by atoms with Crippen molar-refractivity contribution in [1.82, 2.24) is 0 Å². The van der Waals surface area contributed by atoms with Crippen molar-refractivity contribution < 1.29 is 14.6 Å². The number of ether oxygens (including phenoxy) is 1. The van der Waals surface area contributed by atoms with Gasteiger partial charge >= 0.3 is 0 Å². The number of benzene rings is 2. The smallest absolute Gasteiger partial charge is 0.124 e. The van der Waals surface area contributed by atoms with Crippen LogP contribution >= 0.6 is 0 Å². The molecule has 0 unspecified atom stereocenters. The molecule has 2 saturated carbocycles. The second kappa shape index (κ2) is 5.76. The third-order valence-electron chi connectivity index (χ3n) is 6.82. The molecule has 0 aromatic heterocycles. The van der Waals surface area contributed by atoms with Crippen LogP contribution in [0.25, 0.3) is 0 Å². The van der Waals surface area contributed by atoms with E-state index in [-0.39, 0.29) is 11.6 Å². The molecule has 5 atom stereocenters. The molecule has 0 radical (unpaired) electrons. The number of aromatic carboxylic acids is 1. The van der Waals surface area contributed by atoms with Crippen LogP contribution in [-0.2, 0) is 0 Å². The van der Waals surface area contributed by atoms with Crippen molar-refractivity contribution in [1.29, 1.82) is 0 Å². The Labute approximate surface area is 153 Å². The van der Waals surface area contributed by atoms with Crippen LogP contribution in [0.1, 0.15) is 52.7 Å². The average molecular weight is 348 g/mol. The van der Waals surface area contributed by atoms with Gasteiger partial charge in [-0.1, -0.05) is 36.4 Å². The molecule has 4 heteroatoms. The minimum Gasteiger partial charge on any atom is -0.545 e. The number of nitrogens with one attached hydrogen (secondary N) is 1. The van der Waals surface area contributed by atoms with E-state index in [4.69, 9.17) is 4.74 Å². The maximum atomic E-state index is 11.7. The van der Waals surface area contributed by atoms with Crippen molar-refractivity contribution in [2.45, 2.75) is 31.2 Å². The van der Waals surface area contributed by atoms with Crippen LogP contribution in [-0.4, -0.2) is 13.1 Å². The van der Waals surface area contributed by atoms with Gasteiger partial charge in [-0.25, -0.2) is 0 Å². The van der Waals surface area contributed by atoms with Gasteiger partial charge in [-0.05, 0) is 54.6 Å². The number of carboxylic acids is 1. The molecule has 0 amide bonds. The number of anilines is 1. The molecule has 26 heavy (non-hydrogen) atoms. The first-order valence-corrected chi connectivity index (χ1v) is 9.42. The molecule has 5 rings (SSSR count). The van der Waals surface area contributed by atoms with Gasteiger partial charge < -0.3 is 20.0 Å². The van der Waals surface area contributed by atoms with E-state index in [0.717, 1.165) is 22.6 Å². The predicted octanol–water partition coefficient (Wildman–Crippen LogP) is 3.36. The van der Waals surface area contributed by atoms with Gasteiger partial charge in [0.2, 0.25) is 0 Å². The highest BCUT2D eigenvalue weighted by atomic mass is 16.5. The highest BCUT2D eigenvalue weighted by molar-refractivity contribution is 5.94. The summed E-state index contributed by atoms with van der Waals surface area (Å²) in [6, 6.07) is 13.8. The zero-order valence-electron chi connectivity index (χ0n) is 14.8. The van der Waals surface area contributed by atoms with Crippen molar-refractivity contribution >= 4 is 11.7 Å². The molecule has 2 aromatic rings. The monoisotopic (exact) mass is 348 g/mol. The molecule has 3 aliphatic rings. The molecule has 0 saturated heterocycles. The molecule has 4 nitrogen and oxygen atoms in total. The van der Waals surface area contributed by atoms with E-state index in [1.54, 1.807) is 13.2 Å². The summed E-state index contributed by atoms with van der Waals surface area (Å²) in [5.74, 6) is 1.98. The van der Waals surface area contributed by atoms with E-state index in [9.17, 15) is 9.90 Å². The number of carbonyl (C=O) groups excluding carboxylic acids is 1. The molecular formula is C22H22NO3-. The fraction of sp³-hybridized carbons (Fsp3) is 0.409. The number of methoxy groups -OCH3 is 1. The van der Waals surface area contributed by atoms with Crippen molar-refractivity contribution in [3.63, 3.8) is 0 Å². The van der Waals surface area contributed by atoms with E-state index in [1.165, 1.54) is 19.3 Å². The number of fused-ring (bicyclic) bond motifs is 7. The number of carbonyl (C=O) groups is 1. The Balaban J connectivity index is 1.69. The number of rotatable bonds is 3. The summed E-state index contributed by atoms with van der Waals surface area (Å²) in [7, 11) is 1.69. The van der Waals surface area contributed by atoms with Crippen LogP contribution in [0.2, 0.25) is 0 Å².